The first-order chi connectivity index (χ1) is 7.77. The molecule has 1 aromatic rings. The van der Waals surface area contributed by atoms with Gasteiger partial charge in [0.25, 0.3) is 0 Å². The number of aromatic nitrogens is 1. The van der Waals surface area contributed by atoms with E-state index >= 15 is 0 Å². The van der Waals surface area contributed by atoms with E-state index in [1.165, 1.54) is 0 Å². The Morgan fingerprint density at radius 2 is 2.44 bits per heavy atom. The van der Waals surface area contributed by atoms with Crippen LogP contribution in [0.25, 0.3) is 0 Å². The van der Waals surface area contributed by atoms with Crippen molar-refractivity contribution in [2.75, 3.05) is 6.54 Å². The quantitative estimate of drug-likeness (QED) is 0.808. The van der Waals surface area contributed by atoms with E-state index in [-0.39, 0.29) is 5.91 Å². The first kappa shape index (κ1) is 12.2. The van der Waals surface area contributed by atoms with Crippen LogP contribution in [0.15, 0.2) is 24.4 Å². The van der Waals surface area contributed by atoms with Crippen LogP contribution in [0.1, 0.15) is 19.0 Å². The molecule has 1 unspecified atom stereocenters. The fraction of sp³-hybridized carbons (Fsp3) is 0.417. The predicted molar refractivity (Wildman–Crippen MR) is 60.3 cm³/mol. The summed E-state index contributed by atoms with van der Waals surface area (Å²) in [5.74, 6) is -0.732. The van der Waals surface area contributed by atoms with Gasteiger partial charge in [-0.25, -0.2) is 0 Å². The molecule has 1 heterocycles. The fourth-order valence-electron chi connectivity index (χ4n) is 1.32. The van der Waals surface area contributed by atoms with Gasteiger partial charge in [0, 0.05) is 24.9 Å². The molecule has 0 aliphatic heterocycles. The van der Waals surface area contributed by atoms with E-state index in [1.54, 1.807) is 6.20 Å². The molecule has 1 aromatic heterocycles. The van der Waals surface area contributed by atoms with Gasteiger partial charge in [-0.3, -0.25) is 9.78 Å². The number of carbonyl (C=O) groups is 1. The third-order valence-electron chi connectivity index (χ3n) is 2.29. The van der Waals surface area contributed by atoms with Gasteiger partial charge in [0.15, 0.2) is 0 Å². The average molecular weight is 217 g/mol. The maximum Gasteiger partial charge on any atom is 0.237 e. The minimum Gasteiger partial charge on any atom is -0.355 e. The van der Waals surface area contributed by atoms with Gasteiger partial charge in [-0.05, 0) is 18.6 Å². The highest BCUT2D eigenvalue weighted by molar-refractivity contribution is 5.80. The lowest BCUT2D eigenvalue weighted by atomic mass is 10.1. The smallest absolute Gasteiger partial charge is 0.237 e. The molecule has 0 aliphatic carbocycles. The van der Waals surface area contributed by atoms with E-state index in [1.807, 2.05) is 31.2 Å². The molecule has 1 rings (SSSR count). The topological polar surface area (TPSA) is 65.8 Å². The molecule has 1 atom stereocenters. The maximum atomic E-state index is 11.4. The number of pyridine rings is 1. The van der Waals surface area contributed by atoms with Crippen LogP contribution in [-0.2, 0) is 11.2 Å². The molecule has 16 heavy (non-hydrogen) atoms. The minimum atomic E-state index is -0.538. The summed E-state index contributed by atoms with van der Waals surface area (Å²) in [5.41, 5.74) is 0.938. The number of rotatable bonds is 5. The van der Waals surface area contributed by atoms with E-state index in [0.717, 1.165) is 5.69 Å². The molecule has 84 valence electrons. The van der Waals surface area contributed by atoms with Crippen LogP contribution in [0.5, 0.6) is 0 Å². The van der Waals surface area contributed by atoms with Gasteiger partial charge in [0.05, 0.1) is 6.07 Å². The van der Waals surface area contributed by atoms with E-state index in [0.29, 0.717) is 19.4 Å². The number of amides is 1. The fourth-order valence-corrected chi connectivity index (χ4v) is 1.32. The second-order valence-corrected chi connectivity index (χ2v) is 3.45. The van der Waals surface area contributed by atoms with Crippen LogP contribution in [0.4, 0.5) is 0 Å². The second-order valence-electron chi connectivity index (χ2n) is 3.45. The Kier molecular flexibility index (Phi) is 5.00. The third kappa shape index (κ3) is 3.70. The van der Waals surface area contributed by atoms with E-state index in [9.17, 15) is 4.79 Å². The molecule has 0 bridgehead atoms. The lowest BCUT2D eigenvalue weighted by molar-refractivity contribution is -0.123. The number of nitrogens with one attached hydrogen (secondary N) is 1. The monoisotopic (exact) mass is 217 g/mol. The molecule has 0 saturated heterocycles. The molecule has 0 saturated carbocycles. The molecule has 0 aliphatic rings. The Morgan fingerprint density at radius 1 is 1.62 bits per heavy atom. The van der Waals surface area contributed by atoms with Crippen molar-refractivity contribution in [3.8, 4) is 6.07 Å². The van der Waals surface area contributed by atoms with Crippen LogP contribution in [0, 0.1) is 17.2 Å². The van der Waals surface area contributed by atoms with Crippen molar-refractivity contribution in [2.45, 2.75) is 19.8 Å². The standard InChI is InChI=1S/C12H15N3O/c1-2-10(9-13)12(16)15-8-6-11-5-3-4-7-14-11/h3-5,7,10H,2,6,8H2,1H3,(H,15,16). The third-order valence-corrected chi connectivity index (χ3v) is 2.29. The van der Waals surface area contributed by atoms with Crippen molar-refractivity contribution in [1.82, 2.24) is 10.3 Å². The molecular weight excluding hydrogens is 202 g/mol. The second kappa shape index (κ2) is 6.57. The first-order valence-corrected chi connectivity index (χ1v) is 5.35. The number of carbonyl (C=O) groups excluding carboxylic acids is 1. The van der Waals surface area contributed by atoms with Gasteiger partial charge in [0.1, 0.15) is 5.92 Å². The summed E-state index contributed by atoms with van der Waals surface area (Å²) >= 11 is 0. The van der Waals surface area contributed by atoms with Crippen molar-refractivity contribution in [1.29, 1.82) is 5.26 Å². The molecule has 1 N–H and O–H groups in total. The summed E-state index contributed by atoms with van der Waals surface area (Å²) in [7, 11) is 0. The zero-order chi connectivity index (χ0) is 11.8. The SMILES string of the molecule is CCC(C#N)C(=O)NCCc1ccccn1. The first-order valence-electron chi connectivity index (χ1n) is 5.35. The highest BCUT2D eigenvalue weighted by Crippen LogP contribution is 2.00. The molecule has 0 radical (unpaired) electrons. The Hall–Kier alpha value is -1.89. The zero-order valence-electron chi connectivity index (χ0n) is 9.31. The Balaban J connectivity index is 2.31. The van der Waals surface area contributed by atoms with Crippen molar-refractivity contribution in [3.63, 3.8) is 0 Å². The Bertz CT molecular complexity index is 370. The molecule has 4 nitrogen and oxygen atoms in total. The van der Waals surface area contributed by atoms with Crippen molar-refractivity contribution in [2.24, 2.45) is 5.92 Å². The normalized spacial score (nSPS) is 11.5. The molecule has 0 spiro atoms. The van der Waals surface area contributed by atoms with Gasteiger partial charge in [0.2, 0.25) is 5.91 Å². The highest BCUT2D eigenvalue weighted by Gasteiger charge is 2.14. The van der Waals surface area contributed by atoms with E-state index in [2.05, 4.69) is 10.3 Å². The summed E-state index contributed by atoms with van der Waals surface area (Å²) in [6, 6.07) is 7.65. The Morgan fingerprint density at radius 3 is 3.00 bits per heavy atom. The van der Waals surface area contributed by atoms with Gasteiger partial charge in [-0.1, -0.05) is 13.0 Å². The van der Waals surface area contributed by atoms with Gasteiger partial charge >= 0.3 is 0 Å². The van der Waals surface area contributed by atoms with Gasteiger partial charge in [-0.15, -0.1) is 0 Å². The zero-order valence-corrected chi connectivity index (χ0v) is 9.31. The number of nitriles is 1. The molecule has 1 amide bonds. The van der Waals surface area contributed by atoms with Crippen molar-refractivity contribution in [3.05, 3.63) is 30.1 Å². The minimum absolute atomic E-state index is 0.194. The number of hydrogen-bond donors (Lipinski definition) is 1. The van der Waals surface area contributed by atoms with Crippen LogP contribution >= 0.6 is 0 Å². The van der Waals surface area contributed by atoms with Gasteiger partial charge < -0.3 is 5.32 Å². The number of hydrogen-bond acceptors (Lipinski definition) is 3. The van der Waals surface area contributed by atoms with Crippen molar-refractivity contribution >= 4 is 5.91 Å². The summed E-state index contributed by atoms with van der Waals surface area (Å²) in [4.78, 5) is 15.6. The average Bonchev–Trinajstić information content (AvgIpc) is 2.32. The molecule has 4 heteroatoms. The van der Waals surface area contributed by atoms with Crippen LogP contribution in [0.2, 0.25) is 0 Å². The Labute approximate surface area is 95.3 Å². The van der Waals surface area contributed by atoms with Gasteiger partial charge in [-0.2, -0.15) is 5.26 Å². The lowest BCUT2D eigenvalue weighted by Gasteiger charge is -2.07. The maximum absolute atomic E-state index is 11.4. The van der Waals surface area contributed by atoms with Crippen LogP contribution in [-0.4, -0.2) is 17.4 Å². The summed E-state index contributed by atoms with van der Waals surface area (Å²) in [6.45, 7) is 2.35. The lowest BCUT2D eigenvalue weighted by Crippen LogP contribution is -2.31. The van der Waals surface area contributed by atoms with E-state index in [4.69, 9.17) is 5.26 Å². The highest BCUT2D eigenvalue weighted by atomic mass is 16.1. The largest absolute Gasteiger partial charge is 0.355 e. The van der Waals surface area contributed by atoms with Crippen LogP contribution < -0.4 is 5.32 Å². The predicted octanol–water partition coefficient (Wildman–Crippen LogP) is 1.29. The summed E-state index contributed by atoms with van der Waals surface area (Å²) in [6.07, 6.45) is 2.96. The number of nitrogens with zero attached hydrogens (tertiary/aromatic N) is 2. The molecule has 0 aromatic carbocycles. The molecular formula is C12H15N3O. The van der Waals surface area contributed by atoms with Crippen molar-refractivity contribution < 1.29 is 4.79 Å². The van der Waals surface area contributed by atoms with Crippen LogP contribution in [0.3, 0.4) is 0 Å². The summed E-state index contributed by atoms with van der Waals surface area (Å²) < 4.78 is 0. The summed E-state index contributed by atoms with van der Waals surface area (Å²) in [5, 5.41) is 11.4. The van der Waals surface area contributed by atoms with E-state index < -0.39 is 5.92 Å². The molecule has 0 fully saturated rings.